The zero-order chi connectivity index (χ0) is 52.2. The number of para-hydroxylation sites is 1. The Balaban J connectivity index is 1.44. The third-order valence-corrected chi connectivity index (χ3v) is 11.4. The molecule has 9 amide bonds. The number of carbonyl (C=O) groups is 9. The van der Waals surface area contributed by atoms with E-state index in [1.54, 1.807) is 44.3 Å². The lowest BCUT2D eigenvalue weighted by Crippen LogP contribution is -2.59. The minimum atomic E-state index is -1.33. The number of hydrogen-bond donors (Lipinski definition) is 12. The van der Waals surface area contributed by atoms with Crippen molar-refractivity contribution in [1.82, 2.24) is 57.5 Å². The van der Waals surface area contributed by atoms with E-state index in [0.29, 0.717) is 17.7 Å². The summed E-state index contributed by atoms with van der Waals surface area (Å²) >= 11 is 0. The van der Waals surface area contributed by atoms with Crippen molar-refractivity contribution >= 4 is 64.1 Å². The highest BCUT2D eigenvalue weighted by Crippen LogP contribution is 2.20. The smallest absolute Gasteiger partial charge is 0.243 e. The first-order valence-electron chi connectivity index (χ1n) is 23.6. The third-order valence-electron chi connectivity index (χ3n) is 11.4. The molecule has 0 saturated heterocycles. The largest absolute Gasteiger partial charge is 0.370 e. The van der Waals surface area contributed by atoms with Crippen molar-refractivity contribution in [3.8, 4) is 0 Å². The number of aromatic amines is 2. The van der Waals surface area contributed by atoms with Crippen molar-refractivity contribution in [3.05, 3.63) is 90.1 Å². The molecular formula is C49H69N13O9. The van der Waals surface area contributed by atoms with Crippen molar-refractivity contribution in [2.75, 3.05) is 13.1 Å². The van der Waals surface area contributed by atoms with Crippen LogP contribution in [-0.2, 0) is 62.4 Å². The van der Waals surface area contributed by atoms with Crippen molar-refractivity contribution in [2.45, 2.75) is 122 Å². The quantitative estimate of drug-likeness (QED) is 0.0341. The van der Waals surface area contributed by atoms with Crippen LogP contribution in [0.15, 0.2) is 73.3 Å². The maximum atomic E-state index is 14.1. The van der Waals surface area contributed by atoms with Gasteiger partial charge in [0.1, 0.15) is 30.2 Å². The molecule has 22 nitrogen and oxygen atoms in total. The molecule has 2 aromatic carbocycles. The lowest BCUT2D eigenvalue weighted by atomic mass is 10.0. The lowest BCUT2D eigenvalue weighted by Gasteiger charge is -2.27. The Hall–Kier alpha value is -7.62. The molecule has 0 bridgehead atoms. The normalized spacial score (nSPS) is 14.2. The molecule has 4 aromatic rings. The highest BCUT2D eigenvalue weighted by atomic mass is 16.2. The second kappa shape index (κ2) is 27.5. The van der Waals surface area contributed by atoms with Gasteiger partial charge in [-0.1, -0.05) is 76.2 Å². The fourth-order valence-corrected chi connectivity index (χ4v) is 7.67. The molecule has 0 fully saturated rings. The third kappa shape index (κ3) is 18.7. The molecule has 2 heterocycles. The van der Waals surface area contributed by atoms with Gasteiger partial charge in [0, 0.05) is 67.8 Å². The maximum Gasteiger partial charge on any atom is 0.243 e. The summed E-state index contributed by atoms with van der Waals surface area (Å²) in [4.78, 5) is 129. The summed E-state index contributed by atoms with van der Waals surface area (Å²) in [6.07, 6.45) is 4.82. The Morgan fingerprint density at radius 3 is 1.96 bits per heavy atom. The molecule has 7 atom stereocenters. The van der Waals surface area contributed by atoms with E-state index < -0.39 is 102 Å². The Labute approximate surface area is 412 Å². The minimum Gasteiger partial charge on any atom is -0.370 e. The summed E-state index contributed by atoms with van der Waals surface area (Å²) in [7, 11) is 0. The summed E-state index contributed by atoms with van der Waals surface area (Å²) in [6.45, 7) is 9.65. The minimum absolute atomic E-state index is 0.0387. The molecule has 0 radical (unpaired) electrons. The molecule has 2 aromatic heterocycles. The van der Waals surface area contributed by atoms with Crippen molar-refractivity contribution in [3.63, 3.8) is 0 Å². The van der Waals surface area contributed by atoms with E-state index in [2.05, 4.69) is 57.5 Å². The van der Waals surface area contributed by atoms with Crippen LogP contribution in [0.2, 0.25) is 0 Å². The van der Waals surface area contributed by atoms with Gasteiger partial charge in [0.05, 0.1) is 18.9 Å². The molecule has 0 spiro atoms. The number of fused-ring (bicyclic) bond motifs is 1. The number of amides is 9. The lowest BCUT2D eigenvalue weighted by molar-refractivity contribution is -0.135. The average molecular weight is 984 g/mol. The van der Waals surface area contributed by atoms with Gasteiger partial charge in [0.25, 0.3) is 0 Å². The Morgan fingerprint density at radius 1 is 0.662 bits per heavy atom. The molecule has 0 aliphatic carbocycles. The van der Waals surface area contributed by atoms with E-state index in [0.717, 1.165) is 16.5 Å². The standard InChI is InChI=1S/C49H69N13O9/c1-27(2)18-34(24-53-30(6)63)58-48(70)40(21-33-23-52-26-56-33)59-42(65)25-55-49(71)43(28(3)4)62-44(66)29(5)57-47(69)39(20-32-22-54-37-15-11-10-14-35(32)37)61-46(68)38(16-17-41(51)64)60-45(67)36(50)19-31-12-8-7-9-13-31/h7-15,22-23,26-29,34,36,38-40,43,54H,16-21,24-25,50H2,1-6H3,(H2,51,64)(H,52,56)(H,53,63)(H,55,71)(H,57,69)(H,58,70)(H,59,65)(H,60,67)(H,61,68)(H,62,66)/t29-,34-,36+,38-,39-,40-,43-/m0/s1. The Kier molecular flexibility index (Phi) is 21.7. The van der Waals surface area contributed by atoms with E-state index in [4.69, 9.17) is 11.5 Å². The molecule has 384 valence electrons. The highest BCUT2D eigenvalue weighted by Gasteiger charge is 2.33. The van der Waals surface area contributed by atoms with Gasteiger partial charge in [0.15, 0.2) is 0 Å². The van der Waals surface area contributed by atoms with Gasteiger partial charge in [0.2, 0.25) is 53.2 Å². The van der Waals surface area contributed by atoms with Crippen LogP contribution in [0, 0.1) is 11.8 Å². The van der Waals surface area contributed by atoms with Crippen LogP contribution < -0.4 is 54.0 Å². The van der Waals surface area contributed by atoms with Crippen LogP contribution >= 0.6 is 0 Å². The molecule has 0 unspecified atom stereocenters. The summed E-state index contributed by atoms with van der Waals surface area (Å²) in [5.74, 6) is -6.29. The van der Waals surface area contributed by atoms with E-state index in [1.807, 2.05) is 44.2 Å². The second-order valence-electron chi connectivity index (χ2n) is 18.3. The molecule has 0 saturated carbocycles. The summed E-state index contributed by atoms with van der Waals surface area (Å²) in [5, 5.41) is 22.1. The number of H-pyrrole nitrogens is 2. The van der Waals surface area contributed by atoms with Crippen LogP contribution in [0.25, 0.3) is 10.9 Å². The molecule has 0 aliphatic heterocycles. The van der Waals surface area contributed by atoms with Gasteiger partial charge >= 0.3 is 0 Å². The maximum absolute atomic E-state index is 14.1. The predicted octanol–water partition coefficient (Wildman–Crippen LogP) is -0.605. The topological polar surface area (TPSA) is 346 Å². The van der Waals surface area contributed by atoms with Crippen molar-refractivity contribution in [2.24, 2.45) is 23.3 Å². The fourth-order valence-electron chi connectivity index (χ4n) is 7.67. The number of imidazole rings is 1. The highest BCUT2D eigenvalue weighted by molar-refractivity contribution is 5.97. The first-order chi connectivity index (χ1) is 33.7. The van der Waals surface area contributed by atoms with E-state index in [9.17, 15) is 43.2 Å². The molecule has 71 heavy (non-hydrogen) atoms. The van der Waals surface area contributed by atoms with Crippen molar-refractivity contribution < 1.29 is 43.2 Å². The zero-order valence-electron chi connectivity index (χ0n) is 41.1. The number of hydrogen-bond acceptors (Lipinski definition) is 11. The van der Waals surface area contributed by atoms with E-state index >= 15 is 0 Å². The first-order valence-corrected chi connectivity index (χ1v) is 23.6. The van der Waals surface area contributed by atoms with Gasteiger partial charge in [-0.05, 0) is 55.2 Å². The number of primary amides is 1. The Bertz CT molecular complexity index is 2440. The monoisotopic (exact) mass is 984 g/mol. The summed E-state index contributed by atoms with van der Waals surface area (Å²) in [6, 6.07) is 8.62. The van der Waals surface area contributed by atoms with Gasteiger partial charge in [-0.25, -0.2) is 4.98 Å². The average Bonchev–Trinajstić information content (AvgIpc) is 3.99. The number of rotatable bonds is 28. The molecule has 22 heteroatoms. The van der Waals surface area contributed by atoms with Gasteiger partial charge in [-0.3, -0.25) is 43.2 Å². The number of nitrogens with two attached hydrogens (primary N) is 2. The zero-order valence-corrected chi connectivity index (χ0v) is 41.1. The Morgan fingerprint density at radius 2 is 1.31 bits per heavy atom. The van der Waals surface area contributed by atoms with Crippen LogP contribution in [0.4, 0.5) is 0 Å². The van der Waals surface area contributed by atoms with E-state index in [1.165, 1.54) is 26.4 Å². The molecule has 4 rings (SSSR count). The second-order valence-corrected chi connectivity index (χ2v) is 18.3. The SMILES string of the molecule is CC(=O)NC[C@H](CC(C)C)NC(=O)[C@H](Cc1cnc[nH]1)NC(=O)CNC(=O)[C@@H](NC(=O)[C@H](C)NC(=O)[C@H](Cc1c[nH]c2ccccc12)NC(=O)[C@H](CCC(N)=O)NC(=O)[C@H](N)Cc1ccccc1)C(C)C. The number of nitrogens with zero attached hydrogens (tertiary/aromatic N) is 1. The molecule has 14 N–H and O–H groups in total. The first kappa shape index (κ1) is 56.0. The molecule has 0 aliphatic rings. The summed E-state index contributed by atoms with van der Waals surface area (Å²) in [5.41, 5.74) is 14.4. The van der Waals surface area contributed by atoms with Crippen LogP contribution in [-0.4, -0.2) is 123 Å². The number of benzene rings is 2. The predicted molar refractivity (Wildman–Crippen MR) is 264 cm³/mol. The van der Waals surface area contributed by atoms with Crippen LogP contribution in [0.5, 0.6) is 0 Å². The summed E-state index contributed by atoms with van der Waals surface area (Å²) < 4.78 is 0. The number of aromatic nitrogens is 3. The van der Waals surface area contributed by atoms with Gasteiger partial charge in [-0.2, -0.15) is 0 Å². The number of nitrogens with one attached hydrogen (secondary N) is 10. The fraction of sp³-hybridized carbons (Fsp3) is 0.469. The van der Waals surface area contributed by atoms with Crippen molar-refractivity contribution in [1.29, 1.82) is 0 Å². The van der Waals surface area contributed by atoms with E-state index in [-0.39, 0.29) is 50.5 Å². The van der Waals surface area contributed by atoms with Gasteiger partial charge < -0.3 is 64.0 Å². The van der Waals surface area contributed by atoms with Crippen LogP contribution in [0.3, 0.4) is 0 Å². The number of carbonyl (C=O) groups excluding carboxylic acids is 9. The van der Waals surface area contributed by atoms with Gasteiger partial charge in [-0.15, -0.1) is 0 Å². The van der Waals surface area contributed by atoms with Crippen LogP contribution in [0.1, 0.15) is 77.6 Å². The molecular weight excluding hydrogens is 915 g/mol.